The van der Waals surface area contributed by atoms with Crippen molar-refractivity contribution in [3.8, 4) is 11.1 Å². The zero-order valence-corrected chi connectivity index (χ0v) is 12.9. The van der Waals surface area contributed by atoms with Gasteiger partial charge in [-0.05, 0) is 39.4 Å². The highest BCUT2D eigenvalue weighted by molar-refractivity contribution is 5.82. The molecule has 0 aromatic heterocycles. The Hall–Kier alpha value is -2.86. The molecule has 110 valence electrons. The smallest absolute Gasteiger partial charge is 0.00135 e. The molecule has 4 aromatic rings. The normalized spacial score (nSPS) is 11.3. The van der Waals surface area contributed by atoms with E-state index in [4.69, 9.17) is 0 Å². The third-order valence-electron chi connectivity index (χ3n) is 4.36. The second kappa shape index (κ2) is 6.10. The van der Waals surface area contributed by atoms with E-state index in [2.05, 4.69) is 97.1 Å². The van der Waals surface area contributed by atoms with Crippen molar-refractivity contribution in [3.63, 3.8) is 0 Å². The fraction of sp³-hybridized carbons (Fsp3) is 0.0435. The van der Waals surface area contributed by atoms with Gasteiger partial charge in [0, 0.05) is 0 Å². The molecule has 1 aliphatic rings. The fourth-order valence-corrected chi connectivity index (χ4v) is 3.21. The standard InChI is InChI=1S/C13H10.C10H8/c1-3-7-12-10(5-1)9-11-6-2-4-8-13(11)12;1-2-6-10-8-4-3-7-9(10)5-1/h1-8H,9H2;1-8H. The second-order valence-corrected chi connectivity index (χ2v) is 5.84. The summed E-state index contributed by atoms with van der Waals surface area (Å²) in [6.45, 7) is 0. The molecule has 23 heavy (non-hydrogen) atoms. The topological polar surface area (TPSA) is 0 Å². The van der Waals surface area contributed by atoms with Crippen LogP contribution in [0.2, 0.25) is 0 Å². The van der Waals surface area contributed by atoms with Gasteiger partial charge in [0.1, 0.15) is 0 Å². The van der Waals surface area contributed by atoms with Gasteiger partial charge in [0.15, 0.2) is 0 Å². The average Bonchev–Trinajstić information content (AvgIpc) is 3.01. The van der Waals surface area contributed by atoms with E-state index in [1.165, 1.54) is 33.0 Å². The molecule has 0 amide bonds. The van der Waals surface area contributed by atoms with Gasteiger partial charge in [0.25, 0.3) is 0 Å². The molecule has 0 bridgehead atoms. The van der Waals surface area contributed by atoms with E-state index in [1.807, 2.05) is 0 Å². The van der Waals surface area contributed by atoms with Crippen LogP contribution in [-0.2, 0) is 6.42 Å². The number of hydrogen-bond acceptors (Lipinski definition) is 0. The predicted octanol–water partition coefficient (Wildman–Crippen LogP) is 6.10. The average molecular weight is 294 g/mol. The van der Waals surface area contributed by atoms with Gasteiger partial charge in [0.05, 0.1) is 0 Å². The van der Waals surface area contributed by atoms with E-state index in [1.54, 1.807) is 0 Å². The van der Waals surface area contributed by atoms with Crippen LogP contribution in [-0.4, -0.2) is 0 Å². The molecule has 0 saturated carbocycles. The second-order valence-electron chi connectivity index (χ2n) is 5.84. The summed E-state index contributed by atoms with van der Waals surface area (Å²) in [5, 5.41) is 2.62. The van der Waals surface area contributed by atoms with Crippen molar-refractivity contribution < 1.29 is 0 Å². The first-order valence-corrected chi connectivity index (χ1v) is 8.02. The Bertz CT molecular complexity index is 841. The molecule has 0 unspecified atom stereocenters. The minimum Gasteiger partial charge on any atom is -0.0619 e. The highest BCUT2D eigenvalue weighted by atomic mass is 14.2. The summed E-state index contributed by atoms with van der Waals surface area (Å²) < 4.78 is 0. The maximum atomic E-state index is 2.22. The maximum absolute atomic E-state index is 2.22. The van der Waals surface area contributed by atoms with Crippen molar-refractivity contribution in [1.29, 1.82) is 0 Å². The monoisotopic (exact) mass is 294 g/mol. The quantitative estimate of drug-likeness (QED) is 0.324. The largest absolute Gasteiger partial charge is 0.0619 e. The van der Waals surface area contributed by atoms with E-state index < -0.39 is 0 Å². The first-order valence-electron chi connectivity index (χ1n) is 8.02. The Morgan fingerprint density at radius 1 is 0.391 bits per heavy atom. The Kier molecular flexibility index (Phi) is 3.65. The van der Waals surface area contributed by atoms with Crippen LogP contribution < -0.4 is 0 Å². The highest BCUT2D eigenvalue weighted by Crippen LogP contribution is 2.35. The Morgan fingerprint density at radius 3 is 1.17 bits per heavy atom. The predicted molar refractivity (Wildman–Crippen MR) is 98.6 cm³/mol. The molecule has 0 fully saturated rings. The van der Waals surface area contributed by atoms with E-state index in [0.717, 1.165) is 6.42 Å². The molecular weight excluding hydrogens is 276 g/mol. The van der Waals surface area contributed by atoms with Crippen LogP contribution in [0.15, 0.2) is 97.1 Å². The molecule has 0 radical (unpaired) electrons. The summed E-state index contributed by atoms with van der Waals surface area (Å²) in [6, 6.07) is 34.0. The lowest BCUT2D eigenvalue weighted by Crippen LogP contribution is -1.77. The molecular formula is C23H18. The molecule has 1 aliphatic carbocycles. The molecule has 0 heteroatoms. The molecule has 0 atom stereocenters. The van der Waals surface area contributed by atoms with Crippen LogP contribution in [0.25, 0.3) is 21.9 Å². The lowest BCUT2D eigenvalue weighted by molar-refractivity contribution is 1.26. The molecule has 0 saturated heterocycles. The first-order chi connectivity index (χ1) is 11.4. The molecule has 4 aromatic carbocycles. The first kappa shape index (κ1) is 13.8. The summed E-state index contributed by atoms with van der Waals surface area (Å²) >= 11 is 0. The minimum absolute atomic E-state index is 1.10. The van der Waals surface area contributed by atoms with E-state index >= 15 is 0 Å². The Labute approximate surface area is 137 Å². The zero-order chi connectivity index (χ0) is 15.5. The third-order valence-corrected chi connectivity index (χ3v) is 4.36. The highest BCUT2D eigenvalue weighted by Gasteiger charge is 2.15. The molecule has 0 aliphatic heterocycles. The van der Waals surface area contributed by atoms with Gasteiger partial charge in [-0.1, -0.05) is 97.1 Å². The van der Waals surface area contributed by atoms with Crippen LogP contribution in [0.3, 0.4) is 0 Å². The zero-order valence-electron chi connectivity index (χ0n) is 12.9. The van der Waals surface area contributed by atoms with E-state index in [9.17, 15) is 0 Å². The van der Waals surface area contributed by atoms with Crippen LogP contribution in [0.1, 0.15) is 11.1 Å². The van der Waals surface area contributed by atoms with Crippen molar-refractivity contribution in [2.75, 3.05) is 0 Å². The minimum atomic E-state index is 1.10. The van der Waals surface area contributed by atoms with Gasteiger partial charge in [-0.15, -0.1) is 0 Å². The molecule has 0 N–H and O–H groups in total. The van der Waals surface area contributed by atoms with Gasteiger partial charge in [-0.2, -0.15) is 0 Å². The van der Waals surface area contributed by atoms with Crippen molar-refractivity contribution in [1.82, 2.24) is 0 Å². The molecule has 0 spiro atoms. The van der Waals surface area contributed by atoms with Crippen LogP contribution in [0.5, 0.6) is 0 Å². The van der Waals surface area contributed by atoms with Gasteiger partial charge >= 0.3 is 0 Å². The Morgan fingerprint density at radius 2 is 0.739 bits per heavy atom. The van der Waals surface area contributed by atoms with Gasteiger partial charge in [-0.3, -0.25) is 0 Å². The summed E-state index contributed by atoms with van der Waals surface area (Å²) in [4.78, 5) is 0. The number of fused-ring (bicyclic) bond motifs is 4. The van der Waals surface area contributed by atoms with Crippen LogP contribution in [0, 0.1) is 0 Å². The summed E-state index contributed by atoms with van der Waals surface area (Å²) in [6.07, 6.45) is 1.10. The van der Waals surface area contributed by atoms with Crippen molar-refractivity contribution in [2.24, 2.45) is 0 Å². The maximum Gasteiger partial charge on any atom is -0.00135 e. The summed E-state index contributed by atoms with van der Waals surface area (Å²) in [5.74, 6) is 0. The van der Waals surface area contributed by atoms with Crippen molar-refractivity contribution in [2.45, 2.75) is 6.42 Å². The number of benzene rings is 4. The molecule has 0 heterocycles. The SMILES string of the molecule is c1ccc2c(c1)Cc1ccccc1-2.c1ccc2ccccc2c1. The van der Waals surface area contributed by atoms with Crippen molar-refractivity contribution >= 4 is 10.8 Å². The number of hydrogen-bond donors (Lipinski definition) is 0. The summed E-state index contributed by atoms with van der Waals surface area (Å²) in [7, 11) is 0. The van der Waals surface area contributed by atoms with Crippen LogP contribution in [0.4, 0.5) is 0 Å². The lowest BCUT2D eigenvalue weighted by atomic mass is 10.1. The van der Waals surface area contributed by atoms with E-state index in [-0.39, 0.29) is 0 Å². The van der Waals surface area contributed by atoms with Gasteiger partial charge in [0.2, 0.25) is 0 Å². The lowest BCUT2D eigenvalue weighted by Gasteiger charge is -1.98. The van der Waals surface area contributed by atoms with Gasteiger partial charge < -0.3 is 0 Å². The van der Waals surface area contributed by atoms with Gasteiger partial charge in [-0.25, -0.2) is 0 Å². The summed E-state index contributed by atoms with van der Waals surface area (Å²) in [5.41, 5.74) is 5.75. The fourth-order valence-electron chi connectivity index (χ4n) is 3.21. The van der Waals surface area contributed by atoms with Crippen LogP contribution >= 0.6 is 0 Å². The number of rotatable bonds is 0. The van der Waals surface area contributed by atoms with Crippen molar-refractivity contribution in [3.05, 3.63) is 108 Å². The molecule has 5 rings (SSSR count). The Balaban J connectivity index is 0.000000122. The molecule has 0 nitrogen and oxygen atoms in total. The van der Waals surface area contributed by atoms with E-state index in [0.29, 0.717) is 0 Å². The third kappa shape index (κ3) is 2.76.